The van der Waals surface area contributed by atoms with Crippen molar-refractivity contribution in [1.82, 2.24) is 4.90 Å². The van der Waals surface area contributed by atoms with E-state index in [1.807, 2.05) is 12.1 Å². The van der Waals surface area contributed by atoms with Gasteiger partial charge in [-0.3, -0.25) is 4.90 Å². The van der Waals surface area contributed by atoms with Crippen molar-refractivity contribution in [2.24, 2.45) is 0 Å². The number of piperidine rings is 1. The third kappa shape index (κ3) is 5.93. The SMILES string of the molecule is CC1(Oc2ccc(Cl)cc2)CCN(CCOc2ccc(C(F)(F)F)c(O)c2)CC1. The minimum Gasteiger partial charge on any atom is -0.507 e. The maximum atomic E-state index is 12.7. The molecule has 0 radical (unpaired) electrons. The van der Waals surface area contributed by atoms with Crippen LogP contribution in [0.3, 0.4) is 0 Å². The highest BCUT2D eigenvalue weighted by atomic mass is 35.5. The van der Waals surface area contributed by atoms with E-state index in [0.29, 0.717) is 18.2 Å². The van der Waals surface area contributed by atoms with Crippen molar-refractivity contribution in [2.45, 2.75) is 31.5 Å². The number of ether oxygens (including phenoxy) is 2. The molecule has 0 aliphatic carbocycles. The van der Waals surface area contributed by atoms with Crippen molar-refractivity contribution in [3.05, 3.63) is 53.1 Å². The summed E-state index contributed by atoms with van der Waals surface area (Å²) < 4.78 is 49.6. The van der Waals surface area contributed by atoms with Gasteiger partial charge < -0.3 is 14.6 Å². The molecular weight excluding hydrogens is 407 g/mol. The molecule has 1 aliphatic heterocycles. The van der Waals surface area contributed by atoms with E-state index in [-0.39, 0.29) is 11.4 Å². The lowest BCUT2D eigenvalue weighted by molar-refractivity contribution is -0.138. The first-order valence-electron chi connectivity index (χ1n) is 9.35. The van der Waals surface area contributed by atoms with E-state index in [2.05, 4.69) is 11.8 Å². The largest absolute Gasteiger partial charge is 0.507 e. The molecule has 3 rings (SSSR count). The summed E-state index contributed by atoms with van der Waals surface area (Å²) in [5.74, 6) is 0.169. The molecule has 0 bridgehead atoms. The molecule has 0 aromatic heterocycles. The van der Waals surface area contributed by atoms with Crippen molar-refractivity contribution < 1.29 is 27.8 Å². The van der Waals surface area contributed by atoms with Crippen LogP contribution in [0.1, 0.15) is 25.3 Å². The molecule has 2 aromatic carbocycles. The first kappa shape index (κ1) is 21.6. The molecule has 1 heterocycles. The smallest absolute Gasteiger partial charge is 0.419 e. The van der Waals surface area contributed by atoms with Gasteiger partial charge in [0.15, 0.2) is 0 Å². The summed E-state index contributed by atoms with van der Waals surface area (Å²) in [6.07, 6.45) is -2.90. The van der Waals surface area contributed by atoms with Crippen molar-refractivity contribution in [3.8, 4) is 17.2 Å². The maximum absolute atomic E-state index is 12.7. The molecule has 1 aliphatic rings. The second kappa shape index (κ2) is 8.71. The van der Waals surface area contributed by atoms with E-state index in [4.69, 9.17) is 21.1 Å². The highest BCUT2D eigenvalue weighted by molar-refractivity contribution is 6.30. The van der Waals surface area contributed by atoms with Gasteiger partial charge in [0.05, 0.1) is 5.56 Å². The molecule has 29 heavy (non-hydrogen) atoms. The Kier molecular flexibility index (Phi) is 6.49. The number of rotatable bonds is 6. The number of likely N-dealkylation sites (tertiary alicyclic amines) is 1. The number of halogens is 4. The van der Waals surface area contributed by atoms with Gasteiger partial charge in [-0.15, -0.1) is 0 Å². The molecule has 1 fully saturated rings. The highest BCUT2D eigenvalue weighted by Gasteiger charge is 2.34. The quantitative estimate of drug-likeness (QED) is 0.669. The molecule has 0 atom stereocenters. The third-order valence-electron chi connectivity index (χ3n) is 5.04. The van der Waals surface area contributed by atoms with Crippen LogP contribution in [-0.2, 0) is 6.18 Å². The molecule has 0 spiro atoms. The van der Waals surface area contributed by atoms with Gasteiger partial charge in [0, 0.05) is 30.7 Å². The highest BCUT2D eigenvalue weighted by Crippen LogP contribution is 2.37. The Morgan fingerprint density at radius 1 is 1.07 bits per heavy atom. The minimum atomic E-state index is -4.59. The summed E-state index contributed by atoms with van der Waals surface area (Å²) in [6.45, 7) is 4.69. The molecule has 1 saturated heterocycles. The van der Waals surface area contributed by atoms with E-state index in [0.717, 1.165) is 43.8 Å². The van der Waals surface area contributed by atoms with Crippen LogP contribution in [0.4, 0.5) is 13.2 Å². The second-order valence-corrected chi connectivity index (χ2v) is 7.81. The molecule has 4 nitrogen and oxygen atoms in total. The van der Waals surface area contributed by atoms with Gasteiger partial charge in [-0.25, -0.2) is 0 Å². The monoisotopic (exact) mass is 429 g/mol. The molecule has 8 heteroatoms. The van der Waals surface area contributed by atoms with Gasteiger partial charge in [-0.2, -0.15) is 13.2 Å². The summed E-state index contributed by atoms with van der Waals surface area (Å²) >= 11 is 5.90. The number of phenols is 1. The van der Waals surface area contributed by atoms with Crippen LogP contribution in [0.15, 0.2) is 42.5 Å². The van der Waals surface area contributed by atoms with Gasteiger partial charge in [-0.1, -0.05) is 11.6 Å². The summed E-state index contributed by atoms with van der Waals surface area (Å²) in [5.41, 5.74) is -1.33. The number of benzene rings is 2. The van der Waals surface area contributed by atoms with Gasteiger partial charge >= 0.3 is 6.18 Å². The lowest BCUT2D eigenvalue weighted by Crippen LogP contribution is -2.47. The topological polar surface area (TPSA) is 41.9 Å². The number of alkyl halides is 3. The van der Waals surface area contributed by atoms with E-state index in [1.165, 1.54) is 6.07 Å². The zero-order valence-corrected chi connectivity index (χ0v) is 16.8. The lowest BCUT2D eigenvalue weighted by Gasteiger charge is -2.39. The number of hydrogen-bond donors (Lipinski definition) is 1. The van der Waals surface area contributed by atoms with Crippen LogP contribution in [0.2, 0.25) is 5.02 Å². The Morgan fingerprint density at radius 3 is 2.28 bits per heavy atom. The summed E-state index contributed by atoms with van der Waals surface area (Å²) in [7, 11) is 0. The number of hydrogen-bond acceptors (Lipinski definition) is 4. The Hall–Kier alpha value is -2.12. The standard InChI is InChI=1S/C21H23ClF3NO3/c1-20(29-16-4-2-15(22)3-5-16)8-10-26(11-9-20)12-13-28-17-6-7-18(19(27)14-17)21(23,24)25/h2-7,14,27H,8-13H2,1H3. The van der Waals surface area contributed by atoms with Gasteiger partial charge in [-0.05, 0) is 56.2 Å². The molecule has 1 N–H and O–H groups in total. The van der Waals surface area contributed by atoms with E-state index >= 15 is 0 Å². The van der Waals surface area contributed by atoms with Gasteiger partial charge in [0.2, 0.25) is 0 Å². The summed E-state index contributed by atoms with van der Waals surface area (Å²) in [5, 5.41) is 10.2. The third-order valence-corrected chi connectivity index (χ3v) is 5.29. The Bertz CT molecular complexity index is 819. The van der Waals surface area contributed by atoms with Crippen molar-refractivity contribution in [2.75, 3.05) is 26.2 Å². The van der Waals surface area contributed by atoms with Crippen LogP contribution in [-0.4, -0.2) is 41.8 Å². The predicted molar refractivity (Wildman–Crippen MR) is 105 cm³/mol. The average molecular weight is 430 g/mol. The molecular formula is C21H23ClF3NO3. The fourth-order valence-corrected chi connectivity index (χ4v) is 3.40. The molecule has 0 saturated carbocycles. The number of nitrogens with zero attached hydrogens (tertiary/aromatic N) is 1. The van der Waals surface area contributed by atoms with Gasteiger partial charge in [0.1, 0.15) is 29.5 Å². The van der Waals surface area contributed by atoms with Crippen LogP contribution in [0.25, 0.3) is 0 Å². The zero-order valence-electron chi connectivity index (χ0n) is 16.0. The molecule has 2 aromatic rings. The zero-order chi connectivity index (χ0) is 21.1. The molecule has 158 valence electrons. The first-order chi connectivity index (χ1) is 13.6. The predicted octanol–water partition coefficient (Wildman–Crippen LogP) is 5.38. The van der Waals surface area contributed by atoms with Crippen LogP contribution >= 0.6 is 11.6 Å². The molecule has 0 amide bonds. The number of aromatic hydroxyl groups is 1. The Morgan fingerprint density at radius 2 is 1.69 bits per heavy atom. The lowest BCUT2D eigenvalue weighted by atomic mass is 9.93. The summed E-state index contributed by atoms with van der Waals surface area (Å²) in [4.78, 5) is 2.22. The minimum absolute atomic E-state index is 0.211. The van der Waals surface area contributed by atoms with Crippen molar-refractivity contribution in [3.63, 3.8) is 0 Å². The summed E-state index contributed by atoms with van der Waals surface area (Å²) in [6, 6.07) is 10.3. The maximum Gasteiger partial charge on any atom is 0.419 e. The fraction of sp³-hybridized carbons (Fsp3) is 0.429. The fourth-order valence-electron chi connectivity index (χ4n) is 3.27. The first-order valence-corrected chi connectivity index (χ1v) is 9.72. The number of phenolic OH excluding ortho intramolecular Hbond substituents is 1. The Labute approximate surface area is 172 Å². The van der Waals surface area contributed by atoms with E-state index in [9.17, 15) is 18.3 Å². The normalized spacial score (nSPS) is 17.1. The van der Waals surface area contributed by atoms with E-state index in [1.54, 1.807) is 12.1 Å². The van der Waals surface area contributed by atoms with Crippen molar-refractivity contribution in [1.29, 1.82) is 0 Å². The van der Waals surface area contributed by atoms with Crippen LogP contribution < -0.4 is 9.47 Å². The average Bonchev–Trinajstić information content (AvgIpc) is 2.64. The van der Waals surface area contributed by atoms with Crippen LogP contribution in [0.5, 0.6) is 17.2 Å². The second-order valence-electron chi connectivity index (χ2n) is 7.37. The molecule has 0 unspecified atom stereocenters. The van der Waals surface area contributed by atoms with Gasteiger partial charge in [0.25, 0.3) is 0 Å². The Balaban J connectivity index is 1.44. The van der Waals surface area contributed by atoms with E-state index < -0.39 is 17.5 Å². The van der Waals surface area contributed by atoms with Crippen molar-refractivity contribution >= 4 is 11.6 Å². The van der Waals surface area contributed by atoms with Crippen LogP contribution in [0, 0.1) is 0 Å².